The minimum Gasteiger partial charge on any atom is -0.483 e. The van der Waals surface area contributed by atoms with E-state index < -0.39 is 29.4 Å². The molecule has 0 saturated heterocycles. The van der Waals surface area contributed by atoms with Crippen LogP contribution >= 0.6 is 0 Å². The molecule has 1 aliphatic rings. The van der Waals surface area contributed by atoms with Gasteiger partial charge in [-0.05, 0) is 69.7 Å². The molecule has 0 fully saturated rings. The van der Waals surface area contributed by atoms with Crippen LogP contribution in [0.5, 0.6) is 11.5 Å². The lowest BCUT2D eigenvalue weighted by atomic mass is 9.91. The summed E-state index contributed by atoms with van der Waals surface area (Å²) in [6.45, 7) is 7.53. The molecule has 1 aliphatic heterocycles. The molecule has 0 spiro atoms. The Labute approximate surface area is 240 Å². The molecule has 0 aliphatic carbocycles. The first-order chi connectivity index (χ1) is 19.5. The van der Waals surface area contributed by atoms with Crippen LogP contribution in [0.15, 0.2) is 78.9 Å². The second kappa shape index (κ2) is 12.3. The number of carbonyl (C=O) groups excluding carboxylic acids is 3. The zero-order valence-corrected chi connectivity index (χ0v) is 24.0. The minimum absolute atomic E-state index is 0.175. The molecule has 3 aromatic carbocycles. The second-order valence-corrected chi connectivity index (χ2v) is 11.0. The maximum absolute atomic E-state index is 14.2. The second-order valence-electron chi connectivity index (χ2n) is 11.0. The number of para-hydroxylation sites is 3. The molecule has 9 heteroatoms. The molecule has 0 saturated carbocycles. The van der Waals surface area contributed by atoms with E-state index in [4.69, 9.17) is 18.9 Å². The lowest BCUT2D eigenvalue weighted by Gasteiger charge is -2.43. The van der Waals surface area contributed by atoms with E-state index in [0.717, 1.165) is 5.56 Å². The number of carbonyl (C=O) groups is 3. The summed E-state index contributed by atoms with van der Waals surface area (Å²) < 4.78 is 23.0. The summed E-state index contributed by atoms with van der Waals surface area (Å²) in [5.74, 6) is 0.298. The van der Waals surface area contributed by atoms with Crippen LogP contribution in [0.25, 0.3) is 0 Å². The number of esters is 1. The summed E-state index contributed by atoms with van der Waals surface area (Å²) in [5.41, 5.74) is -0.0973. The number of anilines is 1. The van der Waals surface area contributed by atoms with Crippen molar-refractivity contribution < 1.29 is 33.3 Å². The molecular weight excluding hydrogens is 524 g/mol. The fraction of sp³-hybridized carbons (Fsp3) is 0.344. The van der Waals surface area contributed by atoms with Crippen molar-refractivity contribution in [2.45, 2.75) is 58.0 Å². The number of methoxy groups -OCH3 is 1. The van der Waals surface area contributed by atoms with Crippen molar-refractivity contribution in [1.82, 2.24) is 5.32 Å². The summed E-state index contributed by atoms with van der Waals surface area (Å²) >= 11 is 0. The Balaban J connectivity index is 1.65. The topological polar surface area (TPSA) is 103 Å². The number of benzene rings is 3. The van der Waals surface area contributed by atoms with E-state index in [0.29, 0.717) is 22.7 Å². The molecule has 2 unspecified atom stereocenters. The van der Waals surface area contributed by atoms with Crippen LogP contribution in [-0.2, 0) is 20.8 Å². The molecule has 2 atom stereocenters. The summed E-state index contributed by atoms with van der Waals surface area (Å²) in [6, 6.07) is 23.4. The van der Waals surface area contributed by atoms with Crippen molar-refractivity contribution in [2.24, 2.45) is 0 Å². The third kappa shape index (κ3) is 7.36. The van der Waals surface area contributed by atoms with Gasteiger partial charge in [0.2, 0.25) is 6.10 Å². The zero-order valence-electron chi connectivity index (χ0n) is 24.0. The molecule has 216 valence electrons. The molecule has 0 bridgehead atoms. The Hall–Kier alpha value is -4.53. The van der Waals surface area contributed by atoms with Crippen LogP contribution in [-0.4, -0.2) is 48.9 Å². The molecule has 9 nitrogen and oxygen atoms in total. The van der Waals surface area contributed by atoms with E-state index in [9.17, 15) is 14.4 Å². The maximum atomic E-state index is 14.2. The van der Waals surface area contributed by atoms with Gasteiger partial charge in [-0.15, -0.1) is 0 Å². The standard InChI is InChI=1S/C32H36N2O7/c1-31(2,3)41-30(37)33-19-18-32(4,40-24-14-7-6-8-15-24)27-28(35)34(25-16-9-10-17-26(25)39-27)21-22-12-11-13-23(20-22)29(36)38-5/h6-17,20,27H,18-19,21H2,1-5H3,(H,33,37). The van der Waals surface area contributed by atoms with Crippen molar-refractivity contribution >= 4 is 23.7 Å². The van der Waals surface area contributed by atoms with Crippen molar-refractivity contribution in [2.75, 3.05) is 18.6 Å². The summed E-state index contributed by atoms with van der Waals surface area (Å²) in [7, 11) is 1.33. The monoisotopic (exact) mass is 560 g/mol. The van der Waals surface area contributed by atoms with Crippen molar-refractivity contribution in [3.05, 3.63) is 90.0 Å². The van der Waals surface area contributed by atoms with E-state index in [1.54, 1.807) is 69.0 Å². The van der Waals surface area contributed by atoms with Crippen molar-refractivity contribution in [1.29, 1.82) is 0 Å². The summed E-state index contributed by atoms with van der Waals surface area (Å²) in [6.07, 6.45) is -1.37. The first kappa shape index (κ1) is 29.5. The molecule has 1 heterocycles. The van der Waals surface area contributed by atoms with Gasteiger partial charge in [0.15, 0.2) is 5.60 Å². The van der Waals surface area contributed by atoms with E-state index in [1.165, 1.54) is 7.11 Å². The van der Waals surface area contributed by atoms with E-state index in [-0.39, 0.29) is 25.4 Å². The van der Waals surface area contributed by atoms with Gasteiger partial charge in [-0.25, -0.2) is 9.59 Å². The highest BCUT2D eigenvalue weighted by atomic mass is 16.6. The number of nitrogens with one attached hydrogen (secondary N) is 1. The van der Waals surface area contributed by atoms with Crippen LogP contribution in [0.1, 0.15) is 50.0 Å². The molecule has 0 radical (unpaired) electrons. The predicted molar refractivity (Wildman–Crippen MR) is 154 cm³/mol. The van der Waals surface area contributed by atoms with Crippen LogP contribution in [0.3, 0.4) is 0 Å². The van der Waals surface area contributed by atoms with Gasteiger partial charge in [-0.1, -0.05) is 42.5 Å². The summed E-state index contributed by atoms with van der Waals surface area (Å²) in [4.78, 5) is 40.3. The maximum Gasteiger partial charge on any atom is 0.407 e. The Kier molecular flexibility index (Phi) is 8.86. The van der Waals surface area contributed by atoms with Gasteiger partial charge in [0.1, 0.15) is 17.1 Å². The van der Waals surface area contributed by atoms with Crippen LogP contribution in [0, 0.1) is 0 Å². The van der Waals surface area contributed by atoms with Crippen LogP contribution < -0.4 is 19.7 Å². The third-order valence-corrected chi connectivity index (χ3v) is 6.52. The molecule has 1 N–H and O–H groups in total. The number of nitrogens with zero attached hydrogens (tertiary/aromatic N) is 1. The average Bonchev–Trinajstić information content (AvgIpc) is 2.93. The lowest BCUT2D eigenvalue weighted by Crippen LogP contribution is -2.60. The highest BCUT2D eigenvalue weighted by molar-refractivity contribution is 6.01. The van der Waals surface area contributed by atoms with Gasteiger partial charge in [0.25, 0.3) is 5.91 Å². The van der Waals surface area contributed by atoms with Gasteiger partial charge in [0.05, 0.1) is 24.9 Å². The fourth-order valence-corrected chi connectivity index (χ4v) is 4.58. The average molecular weight is 561 g/mol. The van der Waals surface area contributed by atoms with Crippen LogP contribution in [0.2, 0.25) is 0 Å². The normalized spacial score (nSPS) is 16.1. The van der Waals surface area contributed by atoms with Gasteiger partial charge in [-0.3, -0.25) is 4.79 Å². The zero-order chi connectivity index (χ0) is 29.6. The van der Waals surface area contributed by atoms with Gasteiger partial charge in [-0.2, -0.15) is 0 Å². The first-order valence-corrected chi connectivity index (χ1v) is 13.4. The molecule has 41 heavy (non-hydrogen) atoms. The highest BCUT2D eigenvalue weighted by Gasteiger charge is 2.48. The predicted octanol–water partition coefficient (Wildman–Crippen LogP) is 5.52. The Morgan fingerprint density at radius 3 is 2.37 bits per heavy atom. The quantitative estimate of drug-likeness (QED) is 0.344. The largest absolute Gasteiger partial charge is 0.483 e. The minimum atomic E-state index is -1.19. The lowest BCUT2D eigenvalue weighted by molar-refractivity contribution is -0.137. The number of hydrogen-bond acceptors (Lipinski definition) is 7. The number of alkyl carbamates (subject to hydrolysis) is 1. The molecule has 2 amide bonds. The Morgan fingerprint density at radius 2 is 1.66 bits per heavy atom. The van der Waals surface area contributed by atoms with Gasteiger partial charge >= 0.3 is 12.1 Å². The van der Waals surface area contributed by atoms with Gasteiger partial charge < -0.3 is 29.2 Å². The molecule has 3 aromatic rings. The number of amides is 2. The summed E-state index contributed by atoms with van der Waals surface area (Å²) in [5, 5.41) is 2.76. The number of hydrogen-bond donors (Lipinski definition) is 1. The molecular formula is C32H36N2O7. The third-order valence-electron chi connectivity index (χ3n) is 6.52. The SMILES string of the molecule is COC(=O)c1cccc(CN2C(=O)C(C(C)(CCNC(=O)OC(C)(C)C)Oc3ccccc3)Oc3ccccc32)c1. The van der Waals surface area contributed by atoms with Crippen molar-refractivity contribution in [3.8, 4) is 11.5 Å². The first-order valence-electron chi connectivity index (χ1n) is 13.4. The van der Waals surface area contributed by atoms with Crippen LogP contribution in [0.4, 0.5) is 10.5 Å². The smallest absolute Gasteiger partial charge is 0.407 e. The van der Waals surface area contributed by atoms with E-state index in [2.05, 4.69) is 5.32 Å². The fourth-order valence-electron chi connectivity index (χ4n) is 4.58. The number of ether oxygens (including phenoxy) is 4. The van der Waals surface area contributed by atoms with E-state index in [1.807, 2.05) is 42.5 Å². The Bertz CT molecular complexity index is 1390. The molecule has 0 aromatic heterocycles. The van der Waals surface area contributed by atoms with Crippen molar-refractivity contribution in [3.63, 3.8) is 0 Å². The van der Waals surface area contributed by atoms with E-state index >= 15 is 0 Å². The highest BCUT2D eigenvalue weighted by Crippen LogP contribution is 2.39. The number of fused-ring (bicyclic) bond motifs is 1. The van der Waals surface area contributed by atoms with Gasteiger partial charge in [0, 0.05) is 13.0 Å². The number of rotatable bonds is 9. The molecule has 4 rings (SSSR count). The Morgan fingerprint density at radius 1 is 0.951 bits per heavy atom.